The molecular weight excluding hydrogens is 230 g/mol. The predicted octanol–water partition coefficient (Wildman–Crippen LogP) is 1.39. The summed E-state index contributed by atoms with van der Waals surface area (Å²) in [4.78, 5) is 11.2. The highest BCUT2D eigenvalue weighted by molar-refractivity contribution is 6.32. The van der Waals surface area contributed by atoms with E-state index < -0.39 is 11.1 Å². The highest BCUT2D eigenvalue weighted by atomic mass is 35.5. The summed E-state index contributed by atoms with van der Waals surface area (Å²) in [7, 11) is 0. The third-order valence-electron chi connectivity index (χ3n) is 2.85. The highest BCUT2D eigenvalue weighted by Gasteiger charge is 2.26. The Kier molecular flexibility index (Phi) is 4.32. The van der Waals surface area contributed by atoms with E-state index in [1.54, 1.807) is 0 Å². The van der Waals surface area contributed by atoms with Crippen molar-refractivity contribution in [3.8, 4) is 0 Å². The lowest BCUT2D eigenvalue weighted by Crippen LogP contribution is -2.41. The maximum Gasteiger partial charge on any atom is 0.285 e. The third kappa shape index (κ3) is 2.54. The van der Waals surface area contributed by atoms with Gasteiger partial charge in [-0.3, -0.25) is 4.79 Å². The van der Waals surface area contributed by atoms with Gasteiger partial charge >= 0.3 is 0 Å². The van der Waals surface area contributed by atoms with E-state index in [2.05, 4.69) is 15.5 Å². The molecule has 0 radical (unpaired) electrons. The minimum atomic E-state index is -0.459. The normalized spacial score (nSPS) is 11.5. The number of hydrogen-bond donors (Lipinski definition) is 3. The van der Waals surface area contributed by atoms with Crippen molar-refractivity contribution >= 4 is 17.3 Å². The van der Waals surface area contributed by atoms with Gasteiger partial charge in [-0.2, -0.15) is 5.10 Å². The van der Waals surface area contributed by atoms with Crippen molar-refractivity contribution in [2.75, 3.05) is 11.9 Å². The average Bonchev–Trinajstić information content (AvgIpc) is 2.32. The van der Waals surface area contributed by atoms with E-state index in [1.807, 2.05) is 13.8 Å². The minimum Gasteiger partial charge on any atom is -0.394 e. The van der Waals surface area contributed by atoms with Crippen LogP contribution in [-0.4, -0.2) is 27.4 Å². The van der Waals surface area contributed by atoms with Crippen molar-refractivity contribution < 1.29 is 5.11 Å². The first-order valence-corrected chi connectivity index (χ1v) is 5.58. The Morgan fingerprint density at radius 1 is 1.56 bits per heavy atom. The van der Waals surface area contributed by atoms with Gasteiger partial charge in [-0.1, -0.05) is 25.4 Å². The summed E-state index contributed by atoms with van der Waals surface area (Å²) in [6, 6.07) is 0. The first kappa shape index (κ1) is 13.0. The van der Waals surface area contributed by atoms with Crippen LogP contribution in [0.2, 0.25) is 5.02 Å². The van der Waals surface area contributed by atoms with Crippen molar-refractivity contribution in [2.24, 2.45) is 0 Å². The van der Waals surface area contributed by atoms with Crippen molar-refractivity contribution in [3.63, 3.8) is 0 Å². The molecule has 1 aromatic heterocycles. The minimum absolute atomic E-state index is 0.0247. The quantitative estimate of drug-likeness (QED) is 0.733. The Morgan fingerprint density at radius 3 is 2.69 bits per heavy atom. The lowest BCUT2D eigenvalue weighted by atomic mass is 9.93. The van der Waals surface area contributed by atoms with Gasteiger partial charge in [0.05, 0.1) is 24.0 Å². The summed E-state index contributed by atoms with van der Waals surface area (Å²) in [6.45, 7) is 3.89. The largest absolute Gasteiger partial charge is 0.394 e. The first-order valence-electron chi connectivity index (χ1n) is 5.20. The third-order valence-corrected chi connectivity index (χ3v) is 3.23. The molecule has 0 aliphatic heterocycles. The summed E-state index contributed by atoms with van der Waals surface area (Å²) >= 11 is 5.84. The van der Waals surface area contributed by atoms with E-state index in [0.29, 0.717) is 5.69 Å². The van der Waals surface area contributed by atoms with Crippen LogP contribution in [0.1, 0.15) is 26.7 Å². The Bertz CT molecular complexity index is 393. The average molecular weight is 246 g/mol. The van der Waals surface area contributed by atoms with E-state index in [1.165, 1.54) is 6.20 Å². The summed E-state index contributed by atoms with van der Waals surface area (Å²) in [5, 5.41) is 18.4. The van der Waals surface area contributed by atoms with E-state index in [-0.39, 0.29) is 11.6 Å². The molecule has 1 aromatic rings. The van der Waals surface area contributed by atoms with Gasteiger partial charge < -0.3 is 10.4 Å². The number of aliphatic hydroxyl groups excluding tert-OH is 1. The highest BCUT2D eigenvalue weighted by Crippen LogP contribution is 2.24. The molecule has 90 valence electrons. The molecule has 16 heavy (non-hydrogen) atoms. The van der Waals surface area contributed by atoms with Gasteiger partial charge in [0.15, 0.2) is 0 Å². The van der Waals surface area contributed by atoms with Crippen LogP contribution in [0, 0.1) is 0 Å². The van der Waals surface area contributed by atoms with Crippen LogP contribution in [0.4, 0.5) is 5.69 Å². The molecule has 1 heterocycles. The van der Waals surface area contributed by atoms with Crippen LogP contribution in [0.5, 0.6) is 0 Å². The van der Waals surface area contributed by atoms with Crippen LogP contribution in [0.3, 0.4) is 0 Å². The fourth-order valence-electron chi connectivity index (χ4n) is 1.45. The second-order valence-electron chi connectivity index (χ2n) is 3.70. The lowest BCUT2D eigenvalue weighted by Gasteiger charge is -2.31. The predicted molar refractivity (Wildman–Crippen MR) is 63.9 cm³/mol. The Labute approximate surface area is 98.8 Å². The molecule has 0 saturated carbocycles. The van der Waals surface area contributed by atoms with Crippen molar-refractivity contribution in [2.45, 2.75) is 32.2 Å². The molecule has 0 aromatic carbocycles. The smallest absolute Gasteiger partial charge is 0.285 e. The second-order valence-corrected chi connectivity index (χ2v) is 4.08. The zero-order chi connectivity index (χ0) is 12.2. The molecule has 0 saturated heterocycles. The maximum atomic E-state index is 11.2. The van der Waals surface area contributed by atoms with Gasteiger partial charge in [-0.05, 0) is 12.8 Å². The number of nitrogens with one attached hydrogen (secondary N) is 2. The van der Waals surface area contributed by atoms with Gasteiger partial charge in [0.25, 0.3) is 5.56 Å². The summed E-state index contributed by atoms with van der Waals surface area (Å²) < 4.78 is 0. The fraction of sp³-hybridized carbons (Fsp3) is 0.600. The second kappa shape index (κ2) is 5.32. The van der Waals surface area contributed by atoms with Gasteiger partial charge in [0, 0.05) is 0 Å². The van der Waals surface area contributed by atoms with Gasteiger partial charge in [-0.25, -0.2) is 5.10 Å². The van der Waals surface area contributed by atoms with Crippen LogP contribution in [0.15, 0.2) is 11.0 Å². The molecule has 0 bridgehead atoms. The monoisotopic (exact) mass is 245 g/mol. The SMILES string of the molecule is CCC(CC)(CO)Nc1cn[nH]c(=O)c1Cl. The molecule has 6 heteroatoms. The number of rotatable bonds is 5. The van der Waals surface area contributed by atoms with E-state index in [9.17, 15) is 9.90 Å². The van der Waals surface area contributed by atoms with E-state index >= 15 is 0 Å². The van der Waals surface area contributed by atoms with Gasteiger partial charge in [0.1, 0.15) is 5.02 Å². The number of aromatic amines is 1. The topological polar surface area (TPSA) is 78.0 Å². The molecule has 1 rings (SSSR count). The maximum absolute atomic E-state index is 11.2. The molecule has 0 aliphatic carbocycles. The number of hydrogen-bond acceptors (Lipinski definition) is 4. The van der Waals surface area contributed by atoms with Crippen LogP contribution >= 0.6 is 11.6 Å². The molecule has 5 nitrogen and oxygen atoms in total. The number of nitrogens with zero attached hydrogens (tertiary/aromatic N) is 1. The lowest BCUT2D eigenvalue weighted by molar-refractivity contribution is 0.202. The van der Waals surface area contributed by atoms with Crippen LogP contribution in [0.25, 0.3) is 0 Å². The Balaban J connectivity index is 3.03. The summed E-state index contributed by atoms with van der Waals surface area (Å²) in [6.07, 6.45) is 2.89. The molecule has 0 spiro atoms. The van der Waals surface area contributed by atoms with E-state index in [0.717, 1.165) is 12.8 Å². The Morgan fingerprint density at radius 2 is 2.19 bits per heavy atom. The molecular formula is C10H16ClN3O2. The van der Waals surface area contributed by atoms with Crippen molar-refractivity contribution in [3.05, 3.63) is 21.6 Å². The van der Waals surface area contributed by atoms with Crippen LogP contribution < -0.4 is 10.9 Å². The first-order chi connectivity index (χ1) is 7.58. The standard InChI is InChI=1S/C10H16ClN3O2/c1-3-10(4-2,6-15)13-7-5-12-14-9(16)8(7)11/h5,15H,3-4,6H2,1-2H3,(H2,13,14,16). The van der Waals surface area contributed by atoms with Gasteiger partial charge in [-0.15, -0.1) is 0 Å². The number of halogens is 1. The van der Waals surface area contributed by atoms with Gasteiger partial charge in [0.2, 0.25) is 0 Å². The van der Waals surface area contributed by atoms with Crippen molar-refractivity contribution in [1.82, 2.24) is 10.2 Å². The van der Waals surface area contributed by atoms with Crippen molar-refractivity contribution in [1.29, 1.82) is 0 Å². The molecule has 0 atom stereocenters. The number of aliphatic hydroxyl groups is 1. The molecule has 3 N–H and O–H groups in total. The number of H-pyrrole nitrogens is 1. The van der Waals surface area contributed by atoms with E-state index in [4.69, 9.17) is 11.6 Å². The molecule has 0 aliphatic rings. The number of aromatic nitrogens is 2. The zero-order valence-electron chi connectivity index (χ0n) is 9.38. The van der Waals surface area contributed by atoms with Crippen LogP contribution in [-0.2, 0) is 0 Å². The zero-order valence-corrected chi connectivity index (χ0v) is 10.1. The fourth-order valence-corrected chi connectivity index (χ4v) is 1.58. The molecule has 0 unspecified atom stereocenters. The molecule has 0 amide bonds. The Hall–Kier alpha value is -1.07. The molecule has 0 fully saturated rings. The summed E-state index contributed by atoms with van der Waals surface area (Å²) in [5.74, 6) is 0. The number of anilines is 1. The summed E-state index contributed by atoms with van der Waals surface area (Å²) in [5.41, 5.74) is -0.451.